The Morgan fingerprint density at radius 2 is 1.50 bits per heavy atom. The predicted molar refractivity (Wildman–Crippen MR) is 54.3 cm³/mol. The second-order valence-corrected chi connectivity index (χ2v) is 7.76. The van der Waals surface area contributed by atoms with E-state index in [9.17, 15) is 16.8 Å². The summed E-state index contributed by atoms with van der Waals surface area (Å²) >= 11 is 0.380. The molecule has 0 bridgehead atoms. The van der Waals surface area contributed by atoms with Crippen molar-refractivity contribution in [3.63, 3.8) is 0 Å². The van der Waals surface area contributed by atoms with E-state index in [2.05, 4.69) is 0 Å². The Morgan fingerprint density at radius 1 is 1.14 bits per heavy atom. The Morgan fingerprint density at radius 3 is 1.57 bits per heavy atom. The lowest BCUT2D eigenvalue weighted by molar-refractivity contribution is 0.442. The zero-order valence-corrected chi connectivity index (χ0v) is 10.1. The van der Waals surface area contributed by atoms with Crippen LogP contribution in [0.25, 0.3) is 0 Å². The first kappa shape index (κ1) is 14.2. The fourth-order valence-electron chi connectivity index (χ4n) is 1.01. The highest BCUT2D eigenvalue weighted by molar-refractivity contribution is 8.25. The molecule has 0 saturated carbocycles. The molecule has 0 atom stereocenters. The molecular weight excluding hydrogens is 252 g/mol. The van der Waals surface area contributed by atoms with Gasteiger partial charge in [-0.2, -0.15) is 16.8 Å². The molecule has 2 N–H and O–H groups in total. The van der Waals surface area contributed by atoms with Crippen molar-refractivity contribution in [1.29, 1.82) is 0 Å². The molecule has 0 aromatic heterocycles. The van der Waals surface area contributed by atoms with Crippen molar-refractivity contribution in [3.8, 4) is 0 Å². The summed E-state index contributed by atoms with van der Waals surface area (Å²) in [7, 11) is -9.74. The predicted octanol–water partition coefficient (Wildman–Crippen LogP) is 0.579. The third-order valence-electron chi connectivity index (χ3n) is 1.65. The van der Waals surface area contributed by atoms with Gasteiger partial charge in [0.25, 0.3) is 23.6 Å². The molecule has 0 aliphatic carbocycles. The summed E-state index contributed by atoms with van der Waals surface area (Å²) in [5.74, 6) is 0. The van der Waals surface area contributed by atoms with E-state index in [-0.39, 0.29) is 12.8 Å². The van der Waals surface area contributed by atoms with E-state index in [1.165, 1.54) is 6.26 Å². The van der Waals surface area contributed by atoms with E-state index in [0.717, 1.165) is 0 Å². The molecule has 6 nitrogen and oxygen atoms in total. The molecule has 0 aromatic carbocycles. The van der Waals surface area contributed by atoms with Crippen LogP contribution in [0.3, 0.4) is 0 Å². The van der Waals surface area contributed by atoms with E-state index in [1.807, 2.05) is 0 Å². The molecule has 0 rings (SSSR count). The number of thioether (sulfide) groups is 1. The molecule has 0 saturated heterocycles. The van der Waals surface area contributed by atoms with Gasteiger partial charge in [0, 0.05) is 0 Å². The smallest absolute Gasteiger partial charge is 0.284 e. The summed E-state index contributed by atoms with van der Waals surface area (Å²) < 4.78 is 58.7. The minimum Gasteiger partial charge on any atom is -0.284 e. The maximum atomic E-state index is 10.9. The molecule has 0 aliphatic rings. The summed E-state index contributed by atoms with van der Waals surface area (Å²) in [6.07, 6.45) is 1.02. The van der Waals surface area contributed by atoms with E-state index in [4.69, 9.17) is 9.11 Å². The first-order valence-electron chi connectivity index (χ1n) is 3.61. The lowest BCUT2D eigenvalue weighted by Crippen LogP contribution is -2.42. The second kappa shape index (κ2) is 4.35. The van der Waals surface area contributed by atoms with Crippen LogP contribution < -0.4 is 0 Å². The normalized spacial score (nSPS) is 14.3. The quantitative estimate of drug-likeness (QED) is 0.699. The Kier molecular flexibility index (Phi) is 4.41. The van der Waals surface area contributed by atoms with Crippen LogP contribution in [0, 0.1) is 0 Å². The Bertz CT molecular complexity index is 348. The Labute approximate surface area is 87.6 Å². The van der Waals surface area contributed by atoms with Crippen molar-refractivity contribution < 1.29 is 25.9 Å². The lowest BCUT2D eigenvalue weighted by Gasteiger charge is -2.24. The molecule has 0 radical (unpaired) electrons. The number of hydrogen-bond acceptors (Lipinski definition) is 5. The van der Waals surface area contributed by atoms with Gasteiger partial charge in [0.05, 0.1) is 0 Å². The molecule has 86 valence electrons. The molecule has 0 spiro atoms. The van der Waals surface area contributed by atoms with Gasteiger partial charge in [-0.25, -0.2) is 0 Å². The van der Waals surface area contributed by atoms with Gasteiger partial charge < -0.3 is 0 Å². The monoisotopic (exact) mass is 264 g/mol. The molecule has 0 aromatic rings. The average Bonchev–Trinajstić information content (AvgIpc) is 1.94. The van der Waals surface area contributed by atoms with Gasteiger partial charge in [0.15, 0.2) is 0 Å². The molecule has 0 unspecified atom stereocenters. The summed E-state index contributed by atoms with van der Waals surface area (Å²) in [5, 5.41) is 0. The molecule has 0 amide bonds. The van der Waals surface area contributed by atoms with E-state index in [0.29, 0.717) is 11.8 Å². The van der Waals surface area contributed by atoms with Crippen molar-refractivity contribution in [3.05, 3.63) is 0 Å². The molecule has 14 heavy (non-hydrogen) atoms. The molecular formula is C5H12O6S3. The first-order chi connectivity index (χ1) is 6.12. The largest absolute Gasteiger partial charge is 0.297 e. The summed E-state index contributed by atoms with van der Waals surface area (Å²) in [6.45, 7) is 1.54. The van der Waals surface area contributed by atoms with Crippen LogP contribution in [-0.4, -0.2) is 35.6 Å². The van der Waals surface area contributed by atoms with Gasteiger partial charge in [-0.15, -0.1) is 11.8 Å². The van der Waals surface area contributed by atoms with Crippen LogP contribution in [0.5, 0.6) is 0 Å². The molecule has 0 fully saturated rings. The van der Waals surface area contributed by atoms with Crippen molar-refractivity contribution in [1.82, 2.24) is 0 Å². The van der Waals surface area contributed by atoms with Crippen LogP contribution in [0.1, 0.15) is 19.8 Å². The fraction of sp³-hybridized carbons (Fsp3) is 1.00. The fourth-order valence-corrected chi connectivity index (χ4v) is 5.09. The molecule has 9 heteroatoms. The third-order valence-corrected chi connectivity index (χ3v) is 7.99. The third kappa shape index (κ3) is 2.40. The van der Waals surface area contributed by atoms with Gasteiger partial charge in [0.1, 0.15) is 0 Å². The highest BCUT2D eigenvalue weighted by Crippen LogP contribution is 2.38. The second-order valence-electron chi connectivity index (χ2n) is 2.59. The zero-order valence-electron chi connectivity index (χ0n) is 7.67. The SMILES string of the molecule is CCCC(SC)(S(=O)(=O)O)S(=O)(=O)O. The van der Waals surface area contributed by atoms with Gasteiger partial charge in [-0.3, -0.25) is 9.11 Å². The number of rotatable bonds is 5. The standard InChI is InChI=1S/C5H12O6S3/c1-3-4-5(12-2,13(6,7)8)14(9,10)11/h3-4H2,1-2H3,(H,6,7,8)(H,9,10,11). The molecule has 0 aliphatic heterocycles. The highest BCUT2D eigenvalue weighted by Gasteiger charge is 2.53. The lowest BCUT2D eigenvalue weighted by atomic mass is 10.4. The van der Waals surface area contributed by atoms with E-state index >= 15 is 0 Å². The van der Waals surface area contributed by atoms with Gasteiger partial charge in [-0.1, -0.05) is 13.3 Å². The maximum Gasteiger partial charge on any atom is 0.297 e. The Balaban J connectivity index is 5.71. The Hall–Kier alpha value is 0.170. The summed E-state index contributed by atoms with van der Waals surface area (Å²) in [6, 6.07) is 0. The topological polar surface area (TPSA) is 109 Å². The minimum atomic E-state index is -4.87. The highest BCUT2D eigenvalue weighted by atomic mass is 32.3. The van der Waals surface area contributed by atoms with Gasteiger partial charge >= 0.3 is 0 Å². The van der Waals surface area contributed by atoms with Crippen molar-refractivity contribution in [2.24, 2.45) is 0 Å². The van der Waals surface area contributed by atoms with E-state index in [1.54, 1.807) is 6.92 Å². The van der Waals surface area contributed by atoms with Crippen LogP contribution >= 0.6 is 11.8 Å². The number of hydrogen-bond donors (Lipinski definition) is 2. The maximum absolute atomic E-state index is 10.9. The minimum absolute atomic E-state index is 0.195. The van der Waals surface area contributed by atoms with Gasteiger partial charge in [0.2, 0.25) is 0 Å². The van der Waals surface area contributed by atoms with Gasteiger partial charge in [-0.05, 0) is 12.7 Å². The van der Waals surface area contributed by atoms with E-state index < -0.39 is 23.6 Å². The van der Waals surface area contributed by atoms with Crippen molar-refractivity contribution in [2.45, 2.75) is 23.2 Å². The average molecular weight is 264 g/mol. The molecule has 0 heterocycles. The summed E-state index contributed by atoms with van der Waals surface area (Å²) in [5.41, 5.74) is 0. The first-order valence-corrected chi connectivity index (χ1v) is 7.72. The zero-order chi connectivity index (χ0) is 11.6. The van der Waals surface area contributed by atoms with Crippen LogP contribution in [0.4, 0.5) is 0 Å². The summed E-state index contributed by atoms with van der Waals surface area (Å²) in [4.78, 5) is 0. The van der Waals surface area contributed by atoms with Crippen molar-refractivity contribution >= 4 is 32.0 Å². The van der Waals surface area contributed by atoms with Crippen LogP contribution in [-0.2, 0) is 20.2 Å². The van der Waals surface area contributed by atoms with Crippen LogP contribution in [0.2, 0.25) is 0 Å². The van der Waals surface area contributed by atoms with Crippen LogP contribution in [0.15, 0.2) is 0 Å². The van der Waals surface area contributed by atoms with Crippen molar-refractivity contribution in [2.75, 3.05) is 6.26 Å².